The van der Waals surface area contributed by atoms with Gasteiger partial charge < -0.3 is 14.4 Å². The summed E-state index contributed by atoms with van der Waals surface area (Å²) in [4.78, 5) is 13.1. The molecule has 0 atom stereocenters. The highest BCUT2D eigenvalue weighted by Crippen LogP contribution is 2.28. The van der Waals surface area contributed by atoms with Crippen LogP contribution in [0.4, 0.5) is 11.4 Å². The second kappa shape index (κ2) is 7.56. The van der Waals surface area contributed by atoms with E-state index in [0.29, 0.717) is 12.2 Å². The van der Waals surface area contributed by atoms with E-state index in [9.17, 15) is 4.79 Å². The highest BCUT2D eigenvalue weighted by molar-refractivity contribution is 5.72. The second-order valence-corrected chi connectivity index (χ2v) is 6.75. The van der Waals surface area contributed by atoms with Gasteiger partial charge in [0.2, 0.25) is 0 Å². The predicted molar refractivity (Wildman–Crippen MR) is 111 cm³/mol. The van der Waals surface area contributed by atoms with Gasteiger partial charge in [0.05, 0.1) is 12.2 Å². The van der Waals surface area contributed by atoms with Crippen LogP contribution in [0.15, 0.2) is 82.2 Å². The number of hydrogen-bond donors (Lipinski definition) is 1. The zero-order valence-corrected chi connectivity index (χ0v) is 15.8. The third-order valence-corrected chi connectivity index (χ3v) is 4.66. The van der Waals surface area contributed by atoms with Crippen LogP contribution >= 0.6 is 0 Å². The summed E-state index contributed by atoms with van der Waals surface area (Å²) in [6.07, 6.45) is 1.87. The van der Waals surface area contributed by atoms with E-state index in [1.54, 1.807) is 4.57 Å². The zero-order valence-electron chi connectivity index (χ0n) is 15.8. The molecule has 2 aromatic carbocycles. The van der Waals surface area contributed by atoms with Gasteiger partial charge in [0.1, 0.15) is 11.4 Å². The van der Waals surface area contributed by atoms with Crippen molar-refractivity contribution in [2.45, 2.75) is 20.4 Å². The molecular weight excluding hydrogens is 350 g/mol. The monoisotopic (exact) mass is 371 g/mol. The highest BCUT2D eigenvalue weighted by Gasteiger charge is 2.16. The summed E-state index contributed by atoms with van der Waals surface area (Å²) < 4.78 is 7.06. The minimum atomic E-state index is -0.0804. The number of pyridine rings is 1. The van der Waals surface area contributed by atoms with E-state index in [-0.39, 0.29) is 5.56 Å². The number of aromatic nitrogens is 2. The number of aryl methyl sites for hydroxylation is 2. The molecule has 0 aliphatic rings. The van der Waals surface area contributed by atoms with E-state index in [4.69, 9.17) is 4.52 Å². The van der Waals surface area contributed by atoms with Gasteiger partial charge in [-0.05, 0) is 37.6 Å². The first kappa shape index (κ1) is 17.8. The van der Waals surface area contributed by atoms with Gasteiger partial charge in [0.15, 0.2) is 0 Å². The normalized spacial score (nSPS) is 10.8. The summed E-state index contributed by atoms with van der Waals surface area (Å²) >= 11 is 0. The molecule has 0 radical (unpaired) electrons. The fraction of sp³-hybridized carbons (Fsp3) is 0.130. The van der Waals surface area contributed by atoms with Crippen molar-refractivity contribution < 1.29 is 4.52 Å². The molecule has 0 fully saturated rings. The largest absolute Gasteiger partial charge is 0.361 e. The van der Waals surface area contributed by atoms with Crippen molar-refractivity contribution in [3.8, 4) is 11.1 Å². The van der Waals surface area contributed by atoms with Crippen LogP contribution in [0.1, 0.15) is 17.0 Å². The van der Waals surface area contributed by atoms with E-state index in [2.05, 4.69) is 10.5 Å². The number of benzene rings is 2. The Morgan fingerprint density at radius 1 is 1.00 bits per heavy atom. The minimum Gasteiger partial charge on any atom is -0.361 e. The maximum absolute atomic E-state index is 13.1. The Balaban J connectivity index is 1.84. The van der Waals surface area contributed by atoms with Crippen molar-refractivity contribution in [3.63, 3.8) is 0 Å². The molecule has 5 nitrogen and oxygen atoms in total. The van der Waals surface area contributed by atoms with Crippen LogP contribution in [0.2, 0.25) is 0 Å². The molecule has 0 saturated carbocycles. The molecule has 0 spiro atoms. The van der Waals surface area contributed by atoms with Crippen molar-refractivity contribution in [1.82, 2.24) is 9.72 Å². The van der Waals surface area contributed by atoms with Crippen LogP contribution in [0, 0.1) is 13.8 Å². The Morgan fingerprint density at radius 2 is 1.68 bits per heavy atom. The van der Waals surface area contributed by atoms with Crippen molar-refractivity contribution in [2.75, 3.05) is 5.32 Å². The predicted octanol–water partition coefficient (Wildman–Crippen LogP) is 4.91. The second-order valence-electron chi connectivity index (χ2n) is 6.75. The molecule has 0 amide bonds. The van der Waals surface area contributed by atoms with Gasteiger partial charge in [-0.2, -0.15) is 0 Å². The summed E-state index contributed by atoms with van der Waals surface area (Å²) in [6.45, 7) is 4.27. The van der Waals surface area contributed by atoms with E-state index in [1.807, 2.05) is 86.8 Å². The summed E-state index contributed by atoms with van der Waals surface area (Å²) in [5.74, 6) is 0.730. The average Bonchev–Trinajstić information content (AvgIpc) is 3.05. The van der Waals surface area contributed by atoms with E-state index in [0.717, 1.165) is 33.8 Å². The van der Waals surface area contributed by atoms with Crippen molar-refractivity contribution in [3.05, 3.63) is 100 Å². The van der Waals surface area contributed by atoms with Crippen LogP contribution in [0.25, 0.3) is 11.1 Å². The number of nitrogens with one attached hydrogen (secondary N) is 1. The Labute approximate surface area is 163 Å². The lowest BCUT2D eigenvalue weighted by Crippen LogP contribution is -2.23. The Morgan fingerprint density at radius 3 is 2.32 bits per heavy atom. The first-order chi connectivity index (χ1) is 13.6. The molecule has 28 heavy (non-hydrogen) atoms. The molecule has 0 aliphatic heterocycles. The number of para-hydroxylation sites is 1. The molecule has 0 unspecified atom stereocenters. The minimum absolute atomic E-state index is 0.0804. The SMILES string of the molecule is Cc1noc(C)c1-c1cc(Nc2ccccc2)c(=O)n(Cc2ccccc2)c1. The first-order valence-corrected chi connectivity index (χ1v) is 9.15. The molecule has 4 aromatic rings. The molecule has 1 N–H and O–H groups in total. The van der Waals surface area contributed by atoms with E-state index < -0.39 is 0 Å². The summed E-state index contributed by atoms with van der Waals surface area (Å²) in [7, 11) is 0. The third-order valence-electron chi connectivity index (χ3n) is 4.66. The van der Waals surface area contributed by atoms with Gasteiger partial charge in [-0.15, -0.1) is 0 Å². The van der Waals surface area contributed by atoms with Gasteiger partial charge in [0.25, 0.3) is 5.56 Å². The van der Waals surface area contributed by atoms with Crippen LogP contribution < -0.4 is 10.9 Å². The number of rotatable bonds is 5. The fourth-order valence-electron chi connectivity index (χ4n) is 3.33. The van der Waals surface area contributed by atoms with E-state index >= 15 is 0 Å². The molecular formula is C23H21N3O2. The lowest BCUT2D eigenvalue weighted by atomic mass is 10.1. The molecule has 2 aromatic heterocycles. The fourth-order valence-corrected chi connectivity index (χ4v) is 3.33. The van der Waals surface area contributed by atoms with Gasteiger partial charge in [-0.1, -0.05) is 53.7 Å². The number of anilines is 2. The maximum atomic E-state index is 13.1. The number of nitrogens with zero attached hydrogens (tertiary/aromatic N) is 2. The molecule has 140 valence electrons. The first-order valence-electron chi connectivity index (χ1n) is 9.15. The van der Waals surface area contributed by atoms with Crippen LogP contribution in [0.3, 0.4) is 0 Å². The van der Waals surface area contributed by atoms with Crippen molar-refractivity contribution in [2.24, 2.45) is 0 Å². The smallest absolute Gasteiger partial charge is 0.274 e. The summed E-state index contributed by atoms with van der Waals surface area (Å²) in [6, 6.07) is 21.5. The van der Waals surface area contributed by atoms with Gasteiger partial charge in [-0.25, -0.2) is 0 Å². The topological polar surface area (TPSA) is 60.1 Å². The molecule has 0 bridgehead atoms. The number of hydrogen-bond acceptors (Lipinski definition) is 4. The maximum Gasteiger partial charge on any atom is 0.274 e. The lowest BCUT2D eigenvalue weighted by Gasteiger charge is -2.13. The molecule has 2 heterocycles. The van der Waals surface area contributed by atoms with Crippen LogP contribution in [-0.4, -0.2) is 9.72 Å². The Kier molecular flexibility index (Phi) is 4.81. The molecule has 0 saturated heterocycles. The van der Waals surface area contributed by atoms with Crippen molar-refractivity contribution >= 4 is 11.4 Å². The quantitative estimate of drug-likeness (QED) is 0.541. The molecule has 4 rings (SSSR count). The standard InChI is InChI=1S/C23H21N3O2/c1-16-22(17(2)28-25-16)19-13-21(24-20-11-7-4-8-12-20)23(27)26(15-19)14-18-9-5-3-6-10-18/h3-13,15,24H,14H2,1-2H3. The van der Waals surface area contributed by atoms with Crippen molar-refractivity contribution in [1.29, 1.82) is 0 Å². The molecule has 5 heteroatoms. The van der Waals surface area contributed by atoms with Crippen LogP contribution in [0.5, 0.6) is 0 Å². The van der Waals surface area contributed by atoms with Crippen LogP contribution in [-0.2, 0) is 6.54 Å². The Hall–Kier alpha value is -3.60. The summed E-state index contributed by atoms with van der Waals surface area (Å²) in [5, 5.41) is 7.31. The van der Waals surface area contributed by atoms with E-state index in [1.165, 1.54) is 0 Å². The zero-order chi connectivity index (χ0) is 19.5. The Bertz CT molecular complexity index is 1060. The van der Waals surface area contributed by atoms with Gasteiger partial charge in [0, 0.05) is 23.0 Å². The average molecular weight is 371 g/mol. The van der Waals surface area contributed by atoms with Gasteiger partial charge >= 0.3 is 0 Å². The highest BCUT2D eigenvalue weighted by atomic mass is 16.5. The third kappa shape index (κ3) is 3.60. The lowest BCUT2D eigenvalue weighted by molar-refractivity contribution is 0.393. The molecule has 0 aliphatic carbocycles. The summed E-state index contributed by atoms with van der Waals surface area (Å²) in [5.41, 5.74) is 4.96. The van der Waals surface area contributed by atoms with Gasteiger partial charge in [-0.3, -0.25) is 4.79 Å².